The molecule has 0 unspecified atom stereocenters. The van der Waals surface area contributed by atoms with Crippen molar-refractivity contribution in [2.24, 2.45) is 0 Å². The second-order valence-corrected chi connectivity index (χ2v) is 6.69. The van der Waals surface area contributed by atoms with E-state index in [2.05, 4.69) is 20.3 Å². The molecule has 1 aliphatic heterocycles. The van der Waals surface area contributed by atoms with Crippen LogP contribution in [0.4, 0.5) is 0 Å². The van der Waals surface area contributed by atoms with Gasteiger partial charge in [-0.15, -0.1) is 0 Å². The molecule has 1 aliphatic rings. The standard InChI is InChI=1S/C19H22N6O/c1-14-11-20-8-6-15(14)16-12-21-23-19(16)17-5-2-3-10-25(17)18(26)13-24-9-4-7-22-24/h4,6-9,11-12,17H,2-3,5,10,13H2,1H3,(H,21,23)/t17-/m1/s1. The van der Waals surface area contributed by atoms with Crippen LogP contribution in [-0.2, 0) is 11.3 Å². The number of piperidine rings is 1. The average molecular weight is 350 g/mol. The van der Waals surface area contributed by atoms with Gasteiger partial charge in [0.05, 0.1) is 17.9 Å². The smallest absolute Gasteiger partial charge is 0.244 e. The molecule has 4 heterocycles. The quantitative estimate of drug-likeness (QED) is 0.784. The van der Waals surface area contributed by atoms with Gasteiger partial charge in [0.2, 0.25) is 5.91 Å². The van der Waals surface area contributed by atoms with E-state index >= 15 is 0 Å². The lowest BCUT2D eigenvalue weighted by Gasteiger charge is -2.35. The van der Waals surface area contributed by atoms with Crippen molar-refractivity contribution < 1.29 is 4.79 Å². The molecule has 0 radical (unpaired) electrons. The number of aryl methyl sites for hydroxylation is 1. The number of rotatable bonds is 4. The molecule has 0 bridgehead atoms. The SMILES string of the molecule is Cc1cnccc1-c1cn[nH]c1[C@H]1CCCCN1C(=O)Cn1cccn1. The van der Waals surface area contributed by atoms with Crippen molar-refractivity contribution in [2.45, 2.75) is 38.8 Å². The molecule has 1 amide bonds. The molecule has 0 aliphatic carbocycles. The Morgan fingerprint density at radius 1 is 1.27 bits per heavy atom. The summed E-state index contributed by atoms with van der Waals surface area (Å²) in [5.41, 5.74) is 4.26. The normalized spacial score (nSPS) is 17.4. The molecule has 1 saturated heterocycles. The van der Waals surface area contributed by atoms with Gasteiger partial charge >= 0.3 is 0 Å². The van der Waals surface area contributed by atoms with Gasteiger partial charge in [-0.25, -0.2) is 0 Å². The van der Waals surface area contributed by atoms with Crippen molar-refractivity contribution in [2.75, 3.05) is 6.54 Å². The molecular weight excluding hydrogens is 328 g/mol. The predicted molar refractivity (Wildman–Crippen MR) is 97.1 cm³/mol. The largest absolute Gasteiger partial charge is 0.332 e. The highest BCUT2D eigenvalue weighted by molar-refractivity contribution is 5.77. The van der Waals surface area contributed by atoms with Gasteiger partial charge in [0.15, 0.2) is 0 Å². The minimum Gasteiger partial charge on any atom is -0.332 e. The second kappa shape index (κ2) is 7.11. The van der Waals surface area contributed by atoms with Crippen molar-refractivity contribution in [3.05, 3.63) is 54.4 Å². The molecule has 1 fully saturated rings. The van der Waals surface area contributed by atoms with Gasteiger partial charge in [-0.3, -0.25) is 19.6 Å². The highest BCUT2D eigenvalue weighted by Crippen LogP contribution is 2.36. The van der Waals surface area contributed by atoms with Crippen LogP contribution in [0, 0.1) is 6.92 Å². The minimum absolute atomic E-state index is 0.0110. The Morgan fingerprint density at radius 2 is 2.19 bits per heavy atom. The summed E-state index contributed by atoms with van der Waals surface area (Å²) >= 11 is 0. The Hall–Kier alpha value is -2.96. The van der Waals surface area contributed by atoms with Crippen molar-refractivity contribution in [1.82, 2.24) is 29.9 Å². The number of aromatic amines is 1. The molecule has 7 heteroatoms. The molecule has 3 aromatic heterocycles. The number of likely N-dealkylation sites (tertiary alicyclic amines) is 1. The Labute approximate surface area is 152 Å². The molecule has 4 rings (SSSR count). The summed E-state index contributed by atoms with van der Waals surface area (Å²) in [5, 5.41) is 11.6. The maximum atomic E-state index is 12.9. The first kappa shape index (κ1) is 16.5. The van der Waals surface area contributed by atoms with Crippen LogP contribution < -0.4 is 0 Å². The van der Waals surface area contributed by atoms with Crippen LogP contribution in [0.15, 0.2) is 43.1 Å². The first-order valence-electron chi connectivity index (χ1n) is 8.95. The molecule has 134 valence electrons. The number of hydrogen-bond acceptors (Lipinski definition) is 4. The van der Waals surface area contributed by atoms with E-state index in [1.54, 1.807) is 17.1 Å². The maximum absolute atomic E-state index is 12.9. The minimum atomic E-state index is 0.0110. The fourth-order valence-corrected chi connectivity index (χ4v) is 3.69. The van der Waals surface area contributed by atoms with Gasteiger partial charge in [0.1, 0.15) is 6.54 Å². The van der Waals surface area contributed by atoms with E-state index in [1.807, 2.05) is 42.5 Å². The van der Waals surface area contributed by atoms with Crippen LogP contribution in [0.1, 0.15) is 36.6 Å². The molecule has 0 aromatic carbocycles. The van der Waals surface area contributed by atoms with Gasteiger partial charge in [0.25, 0.3) is 0 Å². The van der Waals surface area contributed by atoms with Gasteiger partial charge in [-0.2, -0.15) is 10.2 Å². The summed E-state index contributed by atoms with van der Waals surface area (Å²) in [7, 11) is 0. The fourth-order valence-electron chi connectivity index (χ4n) is 3.69. The highest BCUT2D eigenvalue weighted by Gasteiger charge is 2.31. The van der Waals surface area contributed by atoms with E-state index in [0.717, 1.165) is 48.2 Å². The van der Waals surface area contributed by atoms with E-state index < -0.39 is 0 Å². The lowest BCUT2D eigenvalue weighted by molar-refractivity contribution is -0.136. The second-order valence-electron chi connectivity index (χ2n) is 6.69. The molecule has 7 nitrogen and oxygen atoms in total. The zero-order chi connectivity index (χ0) is 17.9. The van der Waals surface area contributed by atoms with Gasteiger partial charge in [0, 0.05) is 36.9 Å². The van der Waals surface area contributed by atoms with Crippen LogP contribution in [-0.4, -0.2) is 42.3 Å². The van der Waals surface area contributed by atoms with Crippen molar-refractivity contribution in [1.29, 1.82) is 0 Å². The maximum Gasteiger partial charge on any atom is 0.244 e. The Kier molecular flexibility index (Phi) is 4.51. The third kappa shape index (κ3) is 3.12. The number of carbonyl (C=O) groups is 1. The summed E-state index contributed by atoms with van der Waals surface area (Å²) in [6.45, 7) is 3.07. The van der Waals surface area contributed by atoms with Gasteiger partial charge in [-0.05, 0) is 49.4 Å². The fraction of sp³-hybridized carbons (Fsp3) is 0.368. The monoisotopic (exact) mass is 350 g/mol. The molecule has 3 aromatic rings. The summed E-state index contributed by atoms with van der Waals surface area (Å²) in [6, 6.07) is 3.85. The van der Waals surface area contributed by atoms with Crippen LogP contribution in [0.25, 0.3) is 11.1 Å². The van der Waals surface area contributed by atoms with E-state index in [-0.39, 0.29) is 18.5 Å². The summed E-state index contributed by atoms with van der Waals surface area (Å²) in [5.74, 6) is 0.0883. The lowest BCUT2D eigenvalue weighted by atomic mass is 9.93. The van der Waals surface area contributed by atoms with Crippen molar-refractivity contribution >= 4 is 5.91 Å². The highest BCUT2D eigenvalue weighted by atomic mass is 16.2. The van der Waals surface area contributed by atoms with E-state index in [0.29, 0.717) is 0 Å². The van der Waals surface area contributed by atoms with E-state index in [1.165, 1.54) is 0 Å². The average Bonchev–Trinajstić information content (AvgIpc) is 3.34. The summed E-state index contributed by atoms with van der Waals surface area (Å²) < 4.78 is 1.68. The van der Waals surface area contributed by atoms with Crippen LogP contribution >= 0.6 is 0 Å². The number of amides is 1. The molecule has 26 heavy (non-hydrogen) atoms. The Balaban J connectivity index is 1.64. The molecular formula is C19H22N6O. The zero-order valence-electron chi connectivity index (χ0n) is 14.8. The Bertz CT molecular complexity index is 885. The molecule has 1 N–H and O–H groups in total. The van der Waals surface area contributed by atoms with Gasteiger partial charge in [-0.1, -0.05) is 0 Å². The van der Waals surface area contributed by atoms with Crippen LogP contribution in [0.2, 0.25) is 0 Å². The number of aromatic nitrogens is 5. The van der Waals surface area contributed by atoms with E-state index in [9.17, 15) is 4.79 Å². The third-order valence-corrected chi connectivity index (χ3v) is 4.99. The number of nitrogens with one attached hydrogen (secondary N) is 1. The number of hydrogen-bond donors (Lipinski definition) is 1. The summed E-state index contributed by atoms with van der Waals surface area (Å²) in [6.07, 6.45) is 12.1. The first-order valence-corrected chi connectivity index (χ1v) is 8.95. The number of carbonyl (C=O) groups excluding carboxylic acids is 1. The summed E-state index contributed by atoms with van der Waals surface area (Å²) in [4.78, 5) is 19.1. The predicted octanol–water partition coefficient (Wildman–Crippen LogP) is 2.73. The van der Waals surface area contributed by atoms with Crippen molar-refractivity contribution in [3.8, 4) is 11.1 Å². The van der Waals surface area contributed by atoms with Crippen molar-refractivity contribution in [3.63, 3.8) is 0 Å². The number of H-pyrrole nitrogens is 1. The topological polar surface area (TPSA) is 79.7 Å². The first-order chi connectivity index (χ1) is 12.7. The zero-order valence-corrected chi connectivity index (χ0v) is 14.8. The van der Waals surface area contributed by atoms with Gasteiger partial charge < -0.3 is 4.90 Å². The Morgan fingerprint density at radius 3 is 3.00 bits per heavy atom. The molecule has 0 saturated carbocycles. The number of nitrogens with zero attached hydrogens (tertiary/aromatic N) is 5. The molecule has 0 spiro atoms. The third-order valence-electron chi connectivity index (χ3n) is 4.99. The van der Waals surface area contributed by atoms with Crippen LogP contribution in [0.5, 0.6) is 0 Å². The van der Waals surface area contributed by atoms with Crippen LogP contribution in [0.3, 0.4) is 0 Å². The lowest BCUT2D eigenvalue weighted by Crippen LogP contribution is -2.40. The molecule has 1 atom stereocenters. The van der Waals surface area contributed by atoms with E-state index in [4.69, 9.17) is 0 Å². The number of pyridine rings is 1.